The molecule has 0 bridgehead atoms. The number of nitrogens with zero attached hydrogens (tertiary/aromatic N) is 2. The van der Waals surface area contributed by atoms with Crippen LogP contribution in [-0.4, -0.2) is 56.3 Å². The number of hydrogen-bond acceptors (Lipinski definition) is 4. The predicted molar refractivity (Wildman–Crippen MR) is 107 cm³/mol. The lowest BCUT2D eigenvalue weighted by atomic mass is 10.1. The van der Waals surface area contributed by atoms with Crippen molar-refractivity contribution in [2.45, 2.75) is 45.7 Å². The Labute approximate surface area is 162 Å². The molecule has 2 N–H and O–H groups in total. The van der Waals surface area contributed by atoms with Gasteiger partial charge in [-0.25, -0.2) is 4.79 Å². The zero-order valence-corrected chi connectivity index (χ0v) is 16.7. The standard InChI is InChI=1S/C20H32N4O3/c1-4-13-27-18-8-6-7-16(14-18)15-22-19(21-3)23-17-9-11-24(12-10-17)20(25)26-5-2/h6-8,14,17H,4-5,9-13,15H2,1-3H3,(H2,21,22,23). The molecule has 0 atom stereocenters. The first-order valence-electron chi connectivity index (χ1n) is 9.76. The van der Waals surface area contributed by atoms with Gasteiger partial charge in [-0.3, -0.25) is 4.99 Å². The smallest absolute Gasteiger partial charge is 0.409 e. The summed E-state index contributed by atoms with van der Waals surface area (Å²) in [5.74, 6) is 1.66. The largest absolute Gasteiger partial charge is 0.494 e. The van der Waals surface area contributed by atoms with Crippen molar-refractivity contribution in [2.75, 3.05) is 33.4 Å². The van der Waals surface area contributed by atoms with E-state index in [-0.39, 0.29) is 6.09 Å². The highest BCUT2D eigenvalue weighted by molar-refractivity contribution is 5.80. The number of hydrogen-bond donors (Lipinski definition) is 2. The number of likely N-dealkylation sites (tertiary alicyclic amines) is 1. The number of amides is 1. The number of ether oxygens (including phenoxy) is 2. The van der Waals surface area contributed by atoms with E-state index in [0.29, 0.717) is 32.3 Å². The van der Waals surface area contributed by atoms with Gasteiger partial charge in [0.1, 0.15) is 5.75 Å². The van der Waals surface area contributed by atoms with Gasteiger partial charge in [0.2, 0.25) is 0 Å². The SMILES string of the molecule is CCCOc1cccc(CNC(=NC)NC2CCN(C(=O)OCC)CC2)c1. The van der Waals surface area contributed by atoms with Crippen LogP contribution in [0.25, 0.3) is 0 Å². The Morgan fingerprint density at radius 1 is 1.30 bits per heavy atom. The normalized spacial score (nSPS) is 15.4. The fourth-order valence-electron chi connectivity index (χ4n) is 2.96. The number of guanidine groups is 1. The number of carbonyl (C=O) groups is 1. The molecular formula is C20H32N4O3. The molecule has 1 heterocycles. The molecular weight excluding hydrogens is 344 g/mol. The van der Waals surface area contributed by atoms with Gasteiger partial charge in [0.25, 0.3) is 0 Å². The number of nitrogens with one attached hydrogen (secondary N) is 2. The average molecular weight is 377 g/mol. The maximum absolute atomic E-state index is 11.8. The Balaban J connectivity index is 1.77. The second kappa shape index (κ2) is 11.3. The van der Waals surface area contributed by atoms with Crippen molar-refractivity contribution in [1.29, 1.82) is 0 Å². The minimum atomic E-state index is -0.219. The highest BCUT2D eigenvalue weighted by Gasteiger charge is 2.23. The van der Waals surface area contributed by atoms with Gasteiger partial charge in [-0.2, -0.15) is 0 Å². The Bertz CT molecular complexity index is 613. The molecule has 27 heavy (non-hydrogen) atoms. The van der Waals surface area contributed by atoms with Gasteiger partial charge >= 0.3 is 6.09 Å². The van der Waals surface area contributed by atoms with Gasteiger partial charge in [-0.1, -0.05) is 19.1 Å². The third kappa shape index (κ3) is 7.00. The molecule has 0 saturated carbocycles. The average Bonchev–Trinajstić information content (AvgIpc) is 2.70. The molecule has 0 aromatic heterocycles. The Kier molecular flexibility index (Phi) is 8.74. The summed E-state index contributed by atoms with van der Waals surface area (Å²) in [6.45, 7) is 7.13. The van der Waals surface area contributed by atoms with Crippen LogP contribution in [0.15, 0.2) is 29.3 Å². The van der Waals surface area contributed by atoms with Gasteiger partial charge in [0, 0.05) is 32.7 Å². The molecule has 150 valence electrons. The van der Waals surface area contributed by atoms with Crippen LogP contribution in [0.2, 0.25) is 0 Å². The van der Waals surface area contributed by atoms with E-state index in [4.69, 9.17) is 9.47 Å². The van der Waals surface area contributed by atoms with E-state index in [1.165, 1.54) is 0 Å². The van der Waals surface area contributed by atoms with Crippen LogP contribution in [-0.2, 0) is 11.3 Å². The Morgan fingerprint density at radius 3 is 2.74 bits per heavy atom. The number of benzene rings is 1. The number of aliphatic imine (C=N–C) groups is 1. The Morgan fingerprint density at radius 2 is 2.07 bits per heavy atom. The lowest BCUT2D eigenvalue weighted by molar-refractivity contribution is 0.0963. The summed E-state index contributed by atoms with van der Waals surface area (Å²) in [6.07, 6.45) is 2.52. The van der Waals surface area contributed by atoms with Crippen molar-refractivity contribution in [3.05, 3.63) is 29.8 Å². The highest BCUT2D eigenvalue weighted by atomic mass is 16.6. The fourth-order valence-corrected chi connectivity index (χ4v) is 2.96. The lowest BCUT2D eigenvalue weighted by Crippen LogP contribution is -2.49. The zero-order valence-electron chi connectivity index (χ0n) is 16.7. The van der Waals surface area contributed by atoms with E-state index in [1.807, 2.05) is 25.1 Å². The molecule has 0 unspecified atom stereocenters. The third-order valence-corrected chi connectivity index (χ3v) is 4.42. The maximum atomic E-state index is 11.8. The summed E-state index contributed by atoms with van der Waals surface area (Å²) >= 11 is 0. The van der Waals surface area contributed by atoms with E-state index in [1.54, 1.807) is 11.9 Å². The first-order chi connectivity index (χ1) is 13.2. The van der Waals surface area contributed by atoms with Crippen molar-refractivity contribution >= 4 is 12.1 Å². The molecule has 0 spiro atoms. The van der Waals surface area contributed by atoms with Crippen LogP contribution in [0.5, 0.6) is 5.75 Å². The van der Waals surface area contributed by atoms with Crippen molar-refractivity contribution < 1.29 is 14.3 Å². The summed E-state index contributed by atoms with van der Waals surface area (Å²) < 4.78 is 10.7. The fraction of sp³-hybridized carbons (Fsp3) is 0.600. The molecule has 0 radical (unpaired) electrons. The van der Waals surface area contributed by atoms with E-state index in [0.717, 1.165) is 43.1 Å². The molecule has 2 rings (SSSR count). The summed E-state index contributed by atoms with van der Waals surface area (Å²) in [7, 11) is 1.77. The molecule has 1 fully saturated rings. The highest BCUT2D eigenvalue weighted by Crippen LogP contribution is 2.14. The van der Waals surface area contributed by atoms with Gasteiger partial charge in [0.05, 0.1) is 13.2 Å². The van der Waals surface area contributed by atoms with Crippen LogP contribution >= 0.6 is 0 Å². The topological polar surface area (TPSA) is 75.2 Å². The number of piperidine rings is 1. The monoisotopic (exact) mass is 376 g/mol. The van der Waals surface area contributed by atoms with Gasteiger partial charge in [-0.15, -0.1) is 0 Å². The third-order valence-electron chi connectivity index (χ3n) is 4.42. The van der Waals surface area contributed by atoms with Gasteiger partial charge in [-0.05, 0) is 43.9 Å². The molecule has 1 aromatic rings. The molecule has 7 heteroatoms. The quantitative estimate of drug-likeness (QED) is 0.565. The molecule has 1 aromatic carbocycles. The molecule has 1 saturated heterocycles. The first kappa shape index (κ1) is 20.9. The van der Waals surface area contributed by atoms with Crippen LogP contribution in [0.1, 0.15) is 38.7 Å². The zero-order chi connectivity index (χ0) is 19.5. The number of carbonyl (C=O) groups excluding carboxylic acids is 1. The molecule has 1 aliphatic rings. The molecule has 1 aliphatic heterocycles. The van der Waals surface area contributed by atoms with E-state index in [9.17, 15) is 4.79 Å². The van der Waals surface area contributed by atoms with Gasteiger partial charge in [0.15, 0.2) is 5.96 Å². The predicted octanol–water partition coefficient (Wildman–Crippen LogP) is 2.76. The van der Waals surface area contributed by atoms with Crippen molar-refractivity contribution in [3.8, 4) is 5.75 Å². The van der Waals surface area contributed by atoms with Gasteiger partial charge < -0.3 is 25.0 Å². The van der Waals surface area contributed by atoms with E-state index >= 15 is 0 Å². The van der Waals surface area contributed by atoms with Crippen LogP contribution in [0.3, 0.4) is 0 Å². The molecule has 0 aliphatic carbocycles. The molecule has 1 amide bonds. The van der Waals surface area contributed by atoms with Crippen LogP contribution in [0, 0.1) is 0 Å². The maximum Gasteiger partial charge on any atom is 0.409 e. The molecule has 7 nitrogen and oxygen atoms in total. The first-order valence-corrected chi connectivity index (χ1v) is 9.76. The number of rotatable bonds is 7. The van der Waals surface area contributed by atoms with E-state index in [2.05, 4.69) is 28.6 Å². The van der Waals surface area contributed by atoms with Crippen molar-refractivity contribution in [3.63, 3.8) is 0 Å². The van der Waals surface area contributed by atoms with Crippen LogP contribution in [0.4, 0.5) is 4.79 Å². The Hall–Kier alpha value is -2.44. The lowest BCUT2D eigenvalue weighted by Gasteiger charge is -2.32. The summed E-state index contributed by atoms with van der Waals surface area (Å²) in [4.78, 5) is 17.8. The minimum Gasteiger partial charge on any atom is -0.494 e. The van der Waals surface area contributed by atoms with Crippen LogP contribution < -0.4 is 15.4 Å². The summed E-state index contributed by atoms with van der Waals surface area (Å²) in [6, 6.07) is 8.39. The second-order valence-electron chi connectivity index (χ2n) is 6.53. The summed E-state index contributed by atoms with van der Waals surface area (Å²) in [5.41, 5.74) is 1.14. The van der Waals surface area contributed by atoms with Crippen molar-refractivity contribution in [1.82, 2.24) is 15.5 Å². The second-order valence-corrected chi connectivity index (χ2v) is 6.53. The van der Waals surface area contributed by atoms with Crippen molar-refractivity contribution in [2.24, 2.45) is 4.99 Å². The summed E-state index contributed by atoms with van der Waals surface area (Å²) in [5, 5.41) is 6.79. The van der Waals surface area contributed by atoms with E-state index < -0.39 is 0 Å². The minimum absolute atomic E-state index is 0.219.